The van der Waals surface area contributed by atoms with Crippen LogP contribution in [0.15, 0.2) is 36.8 Å². The van der Waals surface area contributed by atoms with Crippen molar-refractivity contribution >= 4 is 17.3 Å². The molecule has 1 amide bonds. The number of carbonyl (C=O) groups excluding carboxylic acids is 1. The number of aryl methyl sites for hydroxylation is 3. The first-order valence-electron chi connectivity index (χ1n) is 10.8. The van der Waals surface area contributed by atoms with E-state index in [9.17, 15) is 4.79 Å². The van der Waals surface area contributed by atoms with Crippen LogP contribution in [0.25, 0.3) is 0 Å². The molecule has 1 aliphatic heterocycles. The van der Waals surface area contributed by atoms with Crippen molar-refractivity contribution in [1.29, 1.82) is 5.26 Å². The molecule has 0 aromatic carbocycles. The minimum Gasteiger partial charge on any atom is -0.361 e. The Morgan fingerprint density at radius 1 is 1.21 bits per heavy atom. The minimum atomic E-state index is -0.188. The highest BCUT2D eigenvalue weighted by Crippen LogP contribution is 2.35. The second-order valence-corrected chi connectivity index (χ2v) is 8.59. The van der Waals surface area contributed by atoms with Crippen molar-refractivity contribution < 1.29 is 4.79 Å². The molecule has 0 radical (unpaired) electrons. The molecule has 1 atom stereocenters. The lowest BCUT2D eigenvalue weighted by Gasteiger charge is -2.38. The second-order valence-electron chi connectivity index (χ2n) is 8.59. The van der Waals surface area contributed by atoms with Crippen LogP contribution in [0, 0.1) is 24.2 Å². The first-order chi connectivity index (χ1) is 15.4. The Kier molecular flexibility index (Phi) is 7.12. The molecule has 0 unspecified atom stereocenters. The summed E-state index contributed by atoms with van der Waals surface area (Å²) in [5.41, 5.74) is 6.20. The molecule has 1 N–H and O–H groups in total. The number of aromatic nitrogens is 4. The molecule has 1 aliphatic rings. The molecule has 33 heavy (non-hydrogen) atoms. The van der Waals surface area contributed by atoms with E-state index in [1.807, 2.05) is 43.2 Å². The van der Waals surface area contributed by atoms with Crippen LogP contribution < -0.4 is 10.2 Å². The largest absolute Gasteiger partial charge is 0.361 e. The lowest BCUT2D eigenvalue weighted by atomic mass is 9.97. The number of pyridine rings is 2. The molecular formula is C25H31N7O. The van der Waals surface area contributed by atoms with E-state index in [-0.39, 0.29) is 25.3 Å². The van der Waals surface area contributed by atoms with Crippen LogP contribution in [-0.2, 0) is 24.2 Å². The number of nitriles is 1. The zero-order valence-electron chi connectivity index (χ0n) is 18.8. The summed E-state index contributed by atoms with van der Waals surface area (Å²) in [4.78, 5) is 23.4. The van der Waals surface area contributed by atoms with Gasteiger partial charge in [0, 0.05) is 25.1 Å². The highest BCUT2D eigenvalue weighted by Gasteiger charge is 2.34. The van der Waals surface area contributed by atoms with Crippen LogP contribution in [0.1, 0.15) is 49.5 Å². The van der Waals surface area contributed by atoms with Gasteiger partial charge in [-0.2, -0.15) is 10.4 Å². The fourth-order valence-electron chi connectivity index (χ4n) is 4.22. The van der Waals surface area contributed by atoms with E-state index in [2.05, 4.69) is 40.2 Å². The number of hydrogen-bond donors (Lipinski definition) is 1. The highest BCUT2D eigenvalue weighted by molar-refractivity contribution is 6.04. The van der Waals surface area contributed by atoms with E-state index in [0.717, 1.165) is 46.7 Å². The van der Waals surface area contributed by atoms with Gasteiger partial charge in [0.2, 0.25) is 5.91 Å². The lowest BCUT2D eigenvalue weighted by molar-refractivity contribution is -0.118. The first-order valence-corrected chi connectivity index (χ1v) is 10.8. The Balaban J connectivity index is 0.00000306. The molecule has 3 aromatic rings. The van der Waals surface area contributed by atoms with Crippen molar-refractivity contribution in [2.45, 2.75) is 53.6 Å². The topological polar surface area (TPSA) is 99.7 Å². The molecule has 0 bridgehead atoms. The molecule has 8 nitrogen and oxygen atoms in total. The maximum atomic E-state index is 12.5. The maximum absolute atomic E-state index is 12.5. The smallest absolute Gasteiger partial charge is 0.247 e. The summed E-state index contributed by atoms with van der Waals surface area (Å²) in [7, 11) is 1.98. The summed E-state index contributed by atoms with van der Waals surface area (Å²) in [5.74, 6) is 0.236. The number of carbonyl (C=O) groups is 1. The number of likely N-dealkylation sites (N-methyl/N-ethyl adjacent to an activating group) is 1. The minimum absolute atomic E-state index is 0. The molecule has 0 saturated heterocycles. The molecule has 4 heterocycles. The Morgan fingerprint density at radius 2 is 2.00 bits per heavy atom. The number of anilines is 2. The van der Waals surface area contributed by atoms with Gasteiger partial charge < -0.3 is 10.2 Å². The van der Waals surface area contributed by atoms with E-state index in [4.69, 9.17) is 10.2 Å². The summed E-state index contributed by atoms with van der Waals surface area (Å²) < 4.78 is 1.88. The molecule has 172 valence electrons. The Hall–Kier alpha value is -3.73. The van der Waals surface area contributed by atoms with Crippen molar-refractivity contribution in [3.8, 4) is 6.07 Å². The van der Waals surface area contributed by atoms with Crippen LogP contribution in [0.5, 0.6) is 0 Å². The van der Waals surface area contributed by atoms with Gasteiger partial charge in [-0.3, -0.25) is 14.5 Å². The molecule has 0 spiro atoms. The van der Waals surface area contributed by atoms with Crippen molar-refractivity contribution in [2.24, 2.45) is 5.92 Å². The van der Waals surface area contributed by atoms with E-state index < -0.39 is 0 Å². The monoisotopic (exact) mass is 445 g/mol. The Morgan fingerprint density at radius 3 is 2.67 bits per heavy atom. The first kappa shape index (κ1) is 23.9. The number of hydrogen-bond acceptors (Lipinski definition) is 6. The normalized spacial score (nSPS) is 15.0. The van der Waals surface area contributed by atoms with Gasteiger partial charge in [0.15, 0.2) is 0 Å². The van der Waals surface area contributed by atoms with E-state index in [0.29, 0.717) is 12.2 Å². The van der Waals surface area contributed by atoms with Crippen molar-refractivity contribution in [3.05, 3.63) is 65.0 Å². The van der Waals surface area contributed by atoms with Crippen LogP contribution in [0.2, 0.25) is 0 Å². The molecule has 0 saturated carbocycles. The number of amides is 1. The predicted molar refractivity (Wildman–Crippen MR) is 129 cm³/mol. The summed E-state index contributed by atoms with van der Waals surface area (Å²) in [6.07, 6.45) is 7.22. The average molecular weight is 446 g/mol. The van der Waals surface area contributed by atoms with Gasteiger partial charge in [-0.1, -0.05) is 27.3 Å². The highest BCUT2D eigenvalue weighted by atomic mass is 16.2. The number of nitrogens with zero attached hydrogens (tertiary/aromatic N) is 6. The summed E-state index contributed by atoms with van der Waals surface area (Å²) >= 11 is 0. The fraction of sp³-hybridized carbons (Fsp3) is 0.400. The Labute approximate surface area is 195 Å². The quantitative estimate of drug-likeness (QED) is 0.620. The van der Waals surface area contributed by atoms with Gasteiger partial charge in [0.05, 0.1) is 29.8 Å². The predicted octanol–water partition coefficient (Wildman–Crippen LogP) is 3.74. The molecule has 0 aliphatic carbocycles. The zero-order chi connectivity index (χ0) is 22.8. The van der Waals surface area contributed by atoms with Gasteiger partial charge in [-0.25, -0.2) is 4.98 Å². The molecule has 3 aromatic heterocycles. The van der Waals surface area contributed by atoms with Crippen LogP contribution >= 0.6 is 0 Å². The van der Waals surface area contributed by atoms with Gasteiger partial charge in [-0.15, -0.1) is 0 Å². The SMILES string of the molecule is C.Cc1nc(CCc2cnn(Cc3ccc(C#N)nc3)c2)cc2c1NC(=O)[C@H](C(C)C)N2C. The fourth-order valence-corrected chi connectivity index (χ4v) is 4.22. The second kappa shape index (κ2) is 9.82. The van der Waals surface area contributed by atoms with E-state index in [1.54, 1.807) is 12.3 Å². The third kappa shape index (κ3) is 5.03. The van der Waals surface area contributed by atoms with Crippen molar-refractivity contribution in [2.75, 3.05) is 17.3 Å². The van der Waals surface area contributed by atoms with E-state index in [1.165, 1.54) is 0 Å². The summed E-state index contributed by atoms with van der Waals surface area (Å²) in [6.45, 7) is 6.67. The van der Waals surface area contributed by atoms with Gasteiger partial charge in [0.1, 0.15) is 17.8 Å². The summed E-state index contributed by atoms with van der Waals surface area (Å²) in [6, 6.07) is 7.54. The van der Waals surface area contributed by atoms with Crippen LogP contribution in [0.3, 0.4) is 0 Å². The molecular weight excluding hydrogens is 414 g/mol. The molecule has 4 rings (SSSR count). The van der Waals surface area contributed by atoms with Crippen molar-refractivity contribution in [3.63, 3.8) is 0 Å². The molecule has 0 fully saturated rings. The average Bonchev–Trinajstić information content (AvgIpc) is 3.21. The Bertz CT molecular complexity index is 1170. The van der Waals surface area contributed by atoms with E-state index >= 15 is 0 Å². The standard InChI is InChI=1S/C24H27N7O.CH4/c1-15(2)23-24(32)29-22-16(3)28-19(9-21(22)30(23)4)7-5-18-12-27-31(14-18)13-17-6-8-20(10-25)26-11-17;/h6,8-9,11-12,14-15,23H,5,7,13H2,1-4H3,(H,29,32);1H4/t23-;/m0./s1. The zero-order valence-corrected chi connectivity index (χ0v) is 18.8. The lowest BCUT2D eigenvalue weighted by Crippen LogP contribution is -2.49. The van der Waals surface area contributed by atoms with Crippen LogP contribution in [-0.4, -0.2) is 38.7 Å². The van der Waals surface area contributed by atoms with Crippen molar-refractivity contribution in [1.82, 2.24) is 19.7 Å². The van der Waals surface area contributed by atoms with Gasteiger partial charge >= 0.3 is 0 Å². The van der Waals surface area contributed by atoms with Gasteiger partial charge in [-0.05, 0) is 48.9 Å². The number of fused-ring (bicyclic) bond motifs is 1. The maximum Gasteiger partial charge on any atom is 0.247 e. The third-order valence-electron chi connectivity index (χ3n) is 5.82. The van der Waals surface area contributed by atoms with Crippen LogP contribution in [0.4, 0.5) is 11.4 Å². The summed E-state index contributed by atoms with van der Waals surface area (Å²) in [5, 5.41) is 16.4. The number of rotatable bonds is 6. The third-order valence-corrected chi connectivity index (χ3v) is 5.82. The number of nitrogens with one attached hydrogen (secondary N) is 1. The molecule has 8 heteroatoms. The van der Waals surface area contributed by atoms with Gasteiger partial charge in [0.25, 0.3) is 0 Å².